The Hall–Kier alpha value is -2.80. The molecule has 1 aromatic carbocycles. The second-order valence-electron chi connectivity index (χ2n) is 8.49. The minimum absolute atomic E-state index is 0.0240. The lowest BCUT2D eigenvalue weighted by Gasteiger charge is -2.13. The highest BCUT2D eigenvalue weighted by atomic mass is 19.1. The first-order valence-corrected chi connectivity index (χ1v) is 11.2. The Kier molecular flexibility index (Phi) is 6.84. The Morgan fingerprint density at radius 3 is 2.66 bits per heavy atom. The van der Waals surface area contributed by atoms with Crippen molar-refractivity contribution >= 4 is 11.4 Å². The zero-order chi connectivity index (χ0) is 22.7. The van der Waals surface area contributed by atoms with Gasteiger partial charge in [-0.2, -0.15) is 0 Å². The zero-order valence-electron chi connectivity index (χ0n) is 18.2. The molecule has 0 spiro atoms. The summed E-state index contributed by atoms with van der Waals surface area (Å²) < 4.78 is 35.5. The van der Waals surface area contributed by atoms with Crippen LogP contribution in [0, 0.1) is 17.6 Å². The van der Waals surface area contributed by atoms with Crippen LogP contribution in [0.4, 0.5) is 8.78 Å². The molecular formula is C25H28F2N2O3. The van der Waals surface area contributed by atoms with Gasteiger partial charge in [0.05, 0.1) is 11.3 Å². The van der Waals surface area contributed by atoms with Gasteiger partial charge in [0.25, 0.3) is 0 Å². The summed E-state index contributed by atoms with van der Waals surface area (Å²) in [4.78, 5) is 18.0. The van der Waals surface area contributed by atoms with E-state index in [1.165, 1.54) is 18.2 Å². The van der Waals surface area contributed by atoms with E-state index in [1.807, 2.05) is 0 Å². The van der Waals surface area contributed by atoms with E-state index < -0.39 is 11.6 Å². The number of nitrogens with zero attached hydrogens (tertiary/aromatic N) is 2. The Morgan fingerprint density at radius 2 is 2.00 bits per heavy atom. The highest BCUT2D eigenvalue weighted by Gasteiger charge is 2.33. The minimum atomic E-state index is -0.669. The van der Waals surface area contributed by atoms with Crippen LogP contribution < -0.4 is 4.74 Å². The summed E-state index contributed by atoms with van der Waals surface area (Å²) in [6, 6.07) is 7.11. The smallest absolute Gasteiger partial charge is 0.181 e. The van der Waals surface area contributed by atoms with E-state index in [0.717, 1.165) is 37.8 Å². The lowest BCUT2D eigenvalue weighted by Crippen LogP contribution is -2.15. The summed E-state index contributed by atoms with van der Waals surface area (Å²) in [5, 5.41) is 9.71. The van der Waals surface area contributed by atoms with Gasteiger partial charge in [-0.1, -0.05) is 25.8 Å². The highest BCUT2D eigenvalue weighted by Crippen LogP contribution is 2.42. The second kappa shape index (κ2) is 9.77. The van der Waals surface area contributed by atoms with Crippen LogP contribution in [0.1, 0.15) is 73.1 Å². The third-order valence-corrected chi connectivity index (χ3v) is 6.00. The molecule has 1 aliphatic rings. The average molecular weight is 443 g/mol. The fourth-order valence-electron chi connectivity index (χ4n) is 4.02. The van der Waals surface area contributed by atoms with E-state index in [1.54, 1.807) is 22.7 Å². The number of carbonyl (C=O) groups excluding carboxylic acids is 1. The number of pyridine rings is 1. The molecule has 1 atom stereocenters. The van der Waals surface area contributed by atoms with Crippen molar-refractivity contribution in [1.82, 2.24) is 9.38 Å². The molecule has 2 heterocycles. The molecule has 4 rings (SSSR count). The molecule has 170 valence electrons. The SMILES string of the molecule is CCCC[C@H](CO)CC(=O)c1c(C2CC2)nc2c(OCc3c(F)cccc3F)cccn12. The van der Waals surface area contributed by atoms with Crippen LogP contribution in [-0.4, -0.2) is 26.9 Å². The molecule has 1 aliphatic carbocycles. The number of aromatic nitrogens is 2. The number of unbranched alkanes of at least 4 members (excludes halogenated alkanes) is 1. The predicted octanol–water partition coefficient (Wildman–Crippen LogP) is 5.44. The number of benzene rings is 1. The van der Waals surface area contributed by atoms with Crippen LogP contribution in [0.3, 0.4) is 0 Å². The van der Waals surface area contributed by atoms with E-state index in [2.05, 4.69) is 6.92 Å². The first kappa shape index (κ1) is 22.4. The van der Waals surface area contributed by atoms with Crippen molar-refractivity contribution in [2.75, 3.05) is 6.61 Å². The molecule has 5 nitrogen and oxygen atoms in total. The molecule has 7 heteroatoms. The molecule has 0 amide bonds. The number of ketones is 1. The van der Waals surface area contributed by atoms with Crippen molar-refractivity contribution in [1.29, 1.82) is 0 Å². The number of aliphatic hydroxyl groups excluding tert-OH is 1. The normalized spacial score (nSPS) is 14.6. The largest absolute Gasteiger partial charge is 0.485 e. The van der Waals surface area contributed by atoms with Gasteiger partial charge in [0, 0.05) is 25.1 Å². The molecule has 0 aliphatic heterocycles. The van der Waals surface area contributed by atoms with Crippen molar-refractivity contribution in [2.45, 2.75) is 58.0 Å². The number of fused-ring (bicyclic) bond motifs is 1. The number of carbonyl (C=O) groups is 1. The van der Waals surface area contributed by atoms with Crippen LogP contribution in [0.25, 0.3) is 5.65 Å². The number of halogens is 2. The number of imidazole rings is 1. The van der Waals surface area contributed by atoms with Gasteiger partial charge in [-0.3, -0.25) is 9.20 Å². The Bertz CT molecular complexity index is 1090. The Balaban J connectivity index is 1.64. The van der Waals surface area contributed by atoms with Gasteiger partial charge < -0.3 is 9.84 Å². The lowest BCUT2D eigenvalue weighted by atomic mass is 9.95. The quantitative estimate of drug-likeness (QED) is 0.402. The van der Waals surface area contributed by atoms with Crippen LogP contribution in [0.5, 0.6) is 5.75 Å². The van der Waals surface area contributed by atoms with E-state index >= 15 is 0 Å². The van der Waals surface area contributed by atoms with Crippen LogP contribution in [0.2, 0.25) is 0 Å². The van der Waals surface area contributed by atoms with Crippen molar-refractivity contribution in [3.05, 3.63) is 65.1 Å². The first-order chi connectivity index (χ1) is 15.5. The maximum atomic E-state index is 14.0. The first-order valence-electron chi connectivity index (χ1n) is 11.2. The zero-order valence-corrected chi connectivity index (χ0v) is 18.2. The van der Waals surface area contributed by atoms with Gasteiger partial charge in [-0.15, -0.1) is 0 Å². The number of Topliss-reactive ketones (excluding diaryl/α,β-unsaturated/α-hetero) is 1. The Labute approximate surface area is 186 Å². The van der Waals surface area contributed by atoms with E-state index in [0.29, 0.717) is 17.1 Å². The van der Waals surface area contributed by atoms with E-state index in [-0.39, 0.29) is 42.8 Å². The number of rotatable bonds is 11. The predicted molar refractivity (Wildman–Crippen MR) is 117 cm³/mol. The summed E-state index contributed by atoms with van der Waals surface area (Å²) in [5.41, 5.74) is 1.58. The molecule has 1 saturated carbocycles. The van der Waals surface area contributed by atoms with E-state index in [4.69, 9.17) is 9.72 Å². The monoisotopic (exact) mass is 442 g/mol. The van der Waals surface area contributed by atoms with Crippen molar-refractivity contribution in [3.63, 3.8) is 0 Å². The minimum Gasteiger partial charge on any atom is -0.485 e. The van der Waals surface area contributed by atoms with Crippen molar-refractivity contribution in [2.24, 2.45) is 5.92 Å². The summed E-state index contributed by atoms with van der Waals surface area (Å²) in [6.07, 6.45) is 6.74. The molecule has 1 N–H and O–H groups in total. The van der Waals surface area contributed by atoms with Gasteiger partial charge in [0.1, 0.15) is 23.9 Å². The molecular weight excluding hydrogens is 414 g/mol. The molecule has 32 heavy (non-hydrogen) atoms. The average Bonchev–Trinajstić information content (AvgIpc) is 3.55. The number of hydrogen-bond donors (Lipinski definition) is 1. The van der Waals surface area contributed by atoms with Gasteiger partial charge in [0.15, 0.2) is 17.2 Å². The molecule has 0 bridgehead atoms. The van der Waals surface area contributed by atoms with Gasteiger partial charge >= 0.3 is 0 Å². The van der Waals surface area contributed by atoms with Gasteiger partial charge in [0.2, 0.25) is 0 Å². The van der Waals surface area contributed by atoms with E-state index in [9.17, 15) is 18.7 Å². The fraction of sp³-hybridized carbons (Fsp3) is 0.440. The summed E-state index contributed by atoms with van der Waals surface area (Å²) in [5.74, 6) is -0.876. The molecule has 2 aromatic heterocycles. The maximum absolute atomic E-state index is 14.0. The fourth-order valence-corrected chi connectivity index (χ4v) is 4.02. The molecule has 3 aromatic rings. The van der Waals surface area contributed by atoms with Crippen LogP contribution >= 0.6 is 0 Å². The highest BCUT2D eigenvalue weighted by molar-refractivity contribution is 5.97. The second-order valence-corrected chi connectivity index (χ2v) is 8.49. The third-order valence-electron chi connectivity index (χ3n) is 6.00. The summed E-state index contributed by atoms with van der Waals surface area (Å²) >= 11 is 0. The van der Waals surface area contributed by atoms with Gasteiger partial charge in [-0.05, 0) is 49.4 Å². The summed E-state index contributed by atoms with van der Waals surface area (Å²) in [7, 11) is 0. The molecule has 0 radical (unpaired) electrons. The Morgan fingerprint density at radius 1 is 1.25 bits per heavy atom. The standard InChI is InChI=1S/C25H28F2N2O3/c1-2-3-6-16(14-30)13-21(31)24-23(17-10-11-17)28-25-22(9-5-12-29(24)25)32-15-18-19(26)7-4-8-20(18)27/h4-5,7-9,12,16-17,30H,2-3,6,10-11,13-15H2,1H3/t16-/m0/s1. The summed E-state index contributed by atoms with van der Waals surface area (Å²) in [6.45, 7) is 1.78. The number of hydrogen-bond acceptors (Lipinski definition) is 4. The molecule has 0 unspecified atom stereocenters. The number of aliphatic hydroxyl groups is 1. The third kappa shape index (κ3) is 4.67. The molecule has 0 saturated heterocycles. The molecule has 1 fully saturated rings. The maximum Gasteiger partial charge on any atom is 0.181 e. The van der Waals surface area contributed by atoms with Crippen LogP contribution in [-0.2, 0) is 6.61 Å². The lowest BCUT2D eigenvalue weighted by molar-refractivity contribution is 0.0923. The number of ether oxygens (including phenoxy) is 1. The topological polar surface area (TPSA) is 63.8 Å². The van der Waals surface area contributed by atoms with Gasteiger partial charge in [-0.25, -0.2) is 13.8 Å². The van der Waals surface area contributed by atoms with Crippen molar-refractivity contribution < 1.29 is 23.4 Å². The van der Waals surface area contributed by atoms with Crippen molar-refractivity contribution in [3.8, 4) is 5.75 Å². The van der Waals surface area contributed by atoms with Crippen LogP contribution in [0.15, 0.2) is 36.5 Å².